The van der Waals surface area contributed by atoms with Crippen LogP contribution in [0.4, 0.5) is 0 Å². The quantitative estimate of drug-likeness (QED) is 0.308. The molecule has 0 bridgehead atoms. The molecule has 0 atom stereocenters. The molecule has 18 heavy (non-hydrogen) atoms. The zero-order valence-electron chi connectivity index (χ0n) is 11.0. The maximum Gasteiger partial charge on any atom is 0.233 e. The molecule has 4 N–H and O–H groups in total. The average molecular weight is 253 g/mol. The fraction of sp³-hybridized carbons (Fsp3) is 0.846. The van der Waals surface area contributed by atoms with Crippen molar-refractivity contribution in [2.45, 2.75) is 51.9 Å². The SMILES string of the molecule is CC1(CNC(=O)C2(C(N)=NO)CCCC2)CCC1. The number of amides is 1. The molecular weight excluding hydrogens is 230 g/mol. The van der Waals surface area contributed by atoms with E-state index >= 15 is 0 Å². The van der Waals surface area contributed by atoms with Crippen molar-refractivity contribution < 1.29 is 10.0 Å². The van der Waals surface area contributed by atoms with Gasteiger partial charge in [0, 0.05) is 6.54 Å². The number of oxime groups is 1. The summed E-state index contributed by atoms with van der Waals surface area (Å²) in [5, 5.41) is 15.0. The van der Waals surface area contributed by atoms with Crippen LogP contribution in [0.1, 0.15) is 51.9 Å². The number of rotatable bonds is 4. The minimum absolute atomic E-state index is 0.0660. The Balaban J connectivity index is 2.00. The lowest BCUT2D eigenvalue weighted by molar-refractivity contribution is -0.128. The summed E-state index contributed by atoms with van der Waals surface area (Å²) >= 11 is 0. The Morgan fingerprint density at radius 1 is 1.28 bits per heavy atom. The number of carbonyl (C=O) groups is 1. The van der Waals surface area contributed by atoms with Crippen molar-refractivity contribution in [3.63, 3.8) is 0 Å². The highest BCUT2D eigenvalue weighted by atomic mass is 16.4. The molecule has 102 valence electrons. The summed E-state index contributed by atoms with van der Waals surface area (Å²) in [6.07, 6.45) is 6.88. The number of nitrogens with one attached hydrogen (secondary N) is 1. The molecule has 0 heterocycles. The van der Waals surface area contributed by atoms with E-state index in [4.69, 9.17) is 10.9 Å². The van der Waals surface area contributed by atoms with Crippen LogP contribution >= 0.6 is 0 Å². The van der Waals surface area contributed by atoms with Gasteiger partial charge in [0.15, 0.2) is 5.84 Å². The number of amidine groups is 1. The van der Waals surface area contributed by atoms with Gasteiger partial charge in [-0.3, -0.25) is 4.79 Å². The summed E-state index contributed by atoms with van der Waals surface area (Å²) < 4.78 is 0. The molecule has 5 heteroatoms. The van der Waals surface area contributed by atoms with Gasteiger partial charge in [-0.15, -0.1) is 0 Å². The van der Waals surface area contributed by atoms with Crippen molar-refractivity contribution in [3.05, 3.63) is 0 Å². The van der Waals surface area contributed by atoms with E-state index in [0.717, 1.165) is 12.8 Å². The van der Waals surface area contributed by atoms with Crippen LogP contribution in [0.5, 0.6) is 0 Å². The van der Waals surface area contributed by atoms with Gasteiger partial charge in [-0.1, -0.05) is 31.3 Å². The van der Waals surface area contributed by atoms with E-state index in [0.29, 0.717) is 19.4 Å². The summed E-state index contributed by atoms with van der Waals surface area (Å²) in [6.45, 7) is 2.90. The lowest BCUT2D eigenvalue weighted by atomic mass is 9.70. The lowest BCUT2D eigenvalue weighted by Gasteiger charge is -2.39. The lowest BCUT2D eigenvalue weighted by Crippen LogP contribution is -2.51. The number of hydrogen-bond donors (Lipinski definition) is 3. The van der Waals surface area contributed by atoms with E-state index in [2.05, 4.69) is 17.4 Å². The van der Waals surface area contributed by atoms with Crippen LogP contribution in [-0.2, 0) is 4.79 Å². The van der Waals surface area contributed by atoms with Crippen LogP contribution in [0.2, 0.25) is 0 Å². The molecule has 0 aromatic carbocycles. The molecule has 2 fully saturated rings. The van der Waals surface area contributed by atoms with E-state index in [1.165, 1.54) is 19.3 Å². The Kier molecular flexibility index (Phi) is 3.50. The molecule has 0 radical (unpaired) electrons. The largest absolute Gasteiger partial charge is 0.409 e. The summed E-state index contributed by atoms with van der Waals surface area (Å²) in [7, 11) is 0. The molecule has 0 spiro atoms. The average Bonchev–Trinajstić information content (AvgIpc) is 2.83. The van der Waals surface area contributed by atoms with Crippen molar-refractivity contribution >= 4 is 11.7 Å². The van der Waals surface area contributed by atoms with Crippen LogP contribution < -0.4 is 11.1 Å². The van der Waals surface area contributed by atoms with Gasteiger partial charge in [-0.25, -0.2) is 0 Å². The van der Waals surface area contributed by atoms with Crippen LogP contribution in [0, 0.1) is 10.8 Å². The van der Waals surface area contributed by atoms with Crippen molar-refractivity contribution in [2.24, 2.45) is 21.7 Å². The molecule has 2 aliphatic carbocycles. The third-order valence-corrected chi connectivity index (χ3v) is 4.73. The molecule has 2 rings (SSSR count). The third-order valence-electron chi connectivity index (χ3n) is 4.73. The first-order chi connectivity index (χ1) is 8.52. The van der Waals surface area contributed by atoms with Crippen LogP contribution in [0.3, 0.4) is 0 Å². The van der Waals surface area contributed by atoms with Gasteiger partial charge in [0.25, 0.3) is 0 Å². The Hall–Kier alpha value is -1.26. The topological polar surface area (TPSA) is 87.7 Å². The Morgan fingerprint density at radius 2 is 1.89 bits per heavy atom. The van der Waals surface area contributed by atoms with Gasteiger partial charge in [0.05, 0.1) is 0 Å². The van der Waals surface area contributed by atoms with E-state index in [9.17, 15) is 4.79 Å². The van der Waals surface area contributed by atoms with E-state index < -0.39 is 5.41 Å². The molecule has 0 aliphatic heterocycles. The zero-order valence-corrected chi connectivity index (χ0v) is 11.0. The normalized spacial score (nSPS) is 25.5. The monoisotopic (exact) mass is 253 g/mol. The number of hydrogen-bond acceptors (Lipinski definition) is 3. The predicted octanol–water partition coefficient (Wildman–Crippen LogP) is 1.60. The van der Waals surface area contributed by atoms with E-state index in [1.807, 2.05) is 0 Å². The van der Waals surface area contributed by atoms with Gasteiger partial charge in [-0.05, 0) is 31.1 Å². The maximum atomic E-state index is 12.4. The first-order valence-electron chi connectivity index (χ1n) is 6.79. The Bertz CT molecular complexity index is 355. The van der Waals surface area contributed by atoms with E-state index in [1.54, 1.807) is 0 Å². The highest BCUT2D eigenvalue weighted by molar-refractivity contribution is 6.07. The first-order valence-corrected chi connectivity index (χ1v) is 6.79. The highest BCUT2D eigenvalue weighted by Crippen LogP contribution is 2.41. The molecule has 2 aliphatic rings. The van der Waals surface area contributed by atoms with Gasteiger partial charge < -0.3 is 16.3 Å². The Labute approximate surface area is 108 Å². The molecule has 1 amide bonds. The van der Waals surface area contributed by atoms with Gasteiger partial charge >= 0.3 is 0 Å². The summed E-state index contributed by atoms with van der Waals surface area (Å²) in [5.41, 5.74) is 5.22. The molecule has 2 saturated carbocycles. The maximum absolute atomic E-state index is 12.4. The van der Waals surface area contributed by atoms with Gasteiger partial charge in [-0.2, -0.15) is 0 Å². The fourth-order valence-corrected chi connectivity index (χ4v) is 3.09. The van der Waals surface area contributed by atoms with Crippen LogP contribution in [0.25, 0.3) is 0 Å². The van der Waals surface area contributed by atoms with Gasteiger partial charge in [0.1, 0.15) is 5.41 Å². The molecule has 0 saturated heterocycles. The van der Waals surface area contributed by atoms with Crippen LogP contribution in [0.15, 0.2) is 5.16 Å². The number of carbonyl (C=O) groups excluding carboxylic acids is 1. The molecular formula is C13H23N3O2. The second-order valence-electron chi connectivity index (χ2n) is 6.12. The number of nitrogens with zero attached hydrogens (tertiary/aromatic N) is 1. The van der Waals surface area contributed by atoms with Crippen molar-refractivity contribution in [1.29, 1.82) is 0 Å². The molecule has 5 nitrogen and oxygen atoms in total. The summed E-state index contributed by atoms with van der Waals surface area (Å²) in [5.74, 6) is -0.000289. The van der Waals surface area contributed by atoms with Crippen molar-refractivity contribution in [3.8, 4) is 0 Å². The van der Waals surface area contributed by atoms with Gasteiger partial charge in [0.2, 0.25) is 5.91 Å². The summed E-state index contributed by atoms with van der Waals surface area (Å²) in [6, 6.07) is 0. The van der Waals surface area contributed by atoms with E-state index in [-0.39, 0.29) is 17.2 Å². The second-order valence-corrected chi connectivity index (χ2v) is 6.12. The molecule has 0 unspecified atom stereocenters. The highest BCUT2D eigenvalue weighted by Gasteiger charge is 2.46. The molecule has 0 aromatic rings. The minimum atomic E-state index is -0.769. The second kappa shape index (κ2) is 4.78. The van der Waals surface area contributed by atoms with Crippen LogP contribution in [-0.4, -0.2) is 23.5 Å². The molecule has 0 aromatic heterocycles. The zero-order chi connectivity index (χ0) is 13.2. The standard InChI is InChI=1S/C13H23N3O2/c1-12(5-4-6-12)9-15-11(17)13(10(14)16-18)7-2-3-8-13/h18H,2-9H2,1H3,(H2,14,16)(H,15,17). The smallest absolute Gasteiger partial charge is 0.233 e. The minimum Gasteiger partial charge on any atom is -0.409 e. The first kappa shape index (κ1) is 13.2. The Morgan fingerprint density at radius 3 is 2.33 bits per heavy atom. The summed E-state index contributed by atoms with van der Waals surface area (Å²) in [4.78, 5) is 12.4. The predicted molar refractivity (Wildman–Crippen MR) is 69.3 cm³/mol. The third kappa shape index (κ3) is 2.18. The van der Waals surface area contributed by atoms with Crippen molar-refractivity contribution in [2.75, 3.05) is 6.54 Å². The number of nitrogens with two attached hydrogens (primary N) is 1. The van der Waals surface area contributed by atoms with Crippen molar-refractivity contribution in [1.82, 2.24) is 5.32 Å². The fourth-order valence-electron chi connectivity index (χ4n) is 3.09.